The van der Waals surface area contributed by atoms with Crippen LogP contribution in [0.25, 0.3) is 0 Å². The summed E-state index contributed by atoms with van der Waals surface area (Å²) in [6.07, 6.45) is 9.48. The Morgan fingerprint density at radius 1 is 1.33 bits per heavy atom. The van der Waals surface area contributed by atoms with E-state index in [1.54, 1.807) is 0 Å². The lowest BCUT2D eigenvalue weighted by Gasteiger charge is -2.33. The van der Waals surface area contributed by atoms with E-state index in [9.17, 15) is 0 Å². The summed E-state index contributed by atoms with van der Waals surface area (Å²) in [5.41, 5.74) is 0. The molecule has 3 heteroatoms. The van der Waals surface area contributed by atoms with Gasteiger partial charge in [0.05, 0.1) is 6.04 Å². The van der Waals surface area contributed by atoms with E-state index in [1.165, 1.54) is 31.5 Å². The number of aromatic nitrogens is 2. The molecule has 0 spiro atoms. The molecule has 0 aliphatic heterocycles. The number of nitrogens with one attached hydrogen (secondary N) is 1. The number of hydrogen-bond donors (Lipinski definition) is 1. The molecule has 1 aliphatic carbocycles. The van der Waals surface area contributed by atoms with Gasteiger partial charge in [-0.05, 0) is 38.1 Å². The van der Waals surface area contributed by atoms with Crippen LogP contribution in [0.2, 0.25) is 0 Å². The molecule has 3 nitrogen and oxygen atoms in total. The summed E-state index contributed by atoms with van der Waals surface area (Å²) >= 11 is 0. The van der Waals surface area contributed by atoms with Crippen molar-refractivity contribution in [1.82, 2.24) is 14.9 Å². The molecule has 1 fully saturated rings. The van der Waals surface area contributed by atoms with Gasteiger partial charge in [-0.2, -0.15) is 0 Å². The predicted molar refractivity (Wildman–Crippen MR) is 75.4 cm³/mol. The van der Waals surface area contributed by atoms with Crippen molar-refractivity contribution in [1.29, 1.82) is 0 Å². The van der Waals surface area contributed by atoms with Crippen molar-refractivity contribution >= 4 is 0 Å². The van der Waals surface area contributed by atoms with Crippen molar-refractivity contribution < 1.29 is 0 Å². The van der Waals surface area contributed by atoms with Crippen molar-refractivity contribution in [3.63, 3.8) is 0 Å². The van der Waals surface area contributed by atoms with Gasteiger partial charge in [0, 0.05) is 18.9 Å². The van der Waals surface area contributed by atoms with Gasteiger partial charge in [0.1, 0.15) is 5.82 Å². The first kappa shape index (κ1) is 13.6. The lowest BCUT2D eigenvalue weighted by atomic mass is 9.79. The van der Waals surface area contributed by atoms with Crippen molar-refractivity contribution in [2.24, 2.45) is 11.8 Å². The zero-order chi connectivity index (χ0) is 13.0. The van der Waals surface area contributed by atoms with Gasteiger partial charge in [-0.3, -0.25) is 0 Å². The average molecular weight is 249 g/mol. The van der Waals surface area contributed by atoms with Gasteiger partial charge in [0.15, 0.2) is 0 Å². The summed E-state index contributed by atoms with van der Waals surface area (Å²) in [6.45, 7) is 8.80. The second-order valence-corrected chi connectivity index (χ2v) is 5.63. The molecule has 1 atom stereocenters. The zero-order valence-electron chi connectivity index (χ0n) is 12.0. The topological polar surface area (TPSA) is 29.9 Å². The lowest BCUT2D eigenvalue weighted by molar-refractivity contribution is 0.224. The van der Waals surface area contributed by atoms with Crippen LogP contribution in [0.3, 0.4) is 0 Å². The fourth-order valence-electron chi connectivity index (χ4n) is 3.17. The van der Waals surface area contributed by atoms with E-state index in [1.807, 2.05) is 6.20 Å². The highest BCUT2D eigenvalue weighted by atomic mass is 15.1. The number of rotatable bonds is 5. The normalized spacial score (nSPS) is 26.2. The highest BCUT2D eigenvalue weighted by Gasteiger charge is 2.29. The molecule has 2 rings (SSSR count). The quantitative estimate of drug-likeness (QED) is 0.867. The van der Waals surface area contributed by atoms with Crippen molar-refractivity contribution in [2.75, 3.05) is 6.54 Å². The number of hydrogen-bond acceptors (Lipinski definition) is 2. The van der Waals surface area contributed by atoms with Crippen molar-refractivity contribution in [2.45, 2.75) is 59.0 Å². The molecule has 1 aromatic heterocycles. The summed E-state index contributed by atoms with van der Waals surface area (Å²) < 4.78 is 2.28. The molecule has 0 saturated heterocycles. The molecular weight excluding hydrogens is 222 g/mol. The maximum atomic E-state index is 4.60. The second kappa shape index (κ2) is 6.37. The molecule has 0 amide bonds. The van der Waals surface area contributed by atoms with Gasteiger partial charge in [-0.15, -0.1) is 0 Å². The third-order valence-corrected chi connectivity index (χ3v) is 4.32. The van der Waals surface area contributed by atoms with Gasteiger partial charge in [-0.1, -0.05) is 26.7 Å². The first-order valence-electron chi connectivity index (χ1n) is 7.50. The van der Waals surface area contributed by atoms with Crippen LogP contribution < -0.4 is 5.32 Å². The number of aryl methyl sites for hydroxylation is 1. The summed E-state index contributed by atoms with van der Waals surface area (Å²) in [5.74, 6) is 2.90. The molecule has 1 saturated carbocycles. The summed E-state index contributed by atoms with van der Waals surface area (Å²) in [6, 6.07) is 0.442. The summed E-state index contributed by atoms with van der Waals surface area (Å²) in [4.78, 5) is 4.60. The van der Waals surface area contributed by atoms with E-state index in [0.29, 0.717) is 6.04 Å². The van der Waals surface area contributed by atoms with Crippen LogP contribution in [0.5, 0.6) is 0 Å². The second-order valence-electron chi connectivity index (χ2n) is 5.63. The minimum Gasteiger partial charge on any atom is -0.334 e. The van der Waals surface area contributed by atoms with Crippen LogP contribution in [-0.2, 0) is 6.54 Å². The Labute approximate surface area is 111 Å². The Hall–Kier alpha value is -0.830. The van der Waals surface area contributed by atoms with E-state index < -0.39 is 0 Å². The SMILES string of the molecule is CCNC(c1nccn1CC)C1CCC(C)CC1. The predicted octanol–water partition coefficient (Wildman–Crippen LogP) is 3.38. The van der Waals surface area contributed by atoms with Crippen molar-refractivity contribution in [3.05, 3.63) is 18.2 Å². The van der Waals surface area contributed by atoms with E-state index in [2.05, 4.69) is 41.8 Å². The molecule has 0 bridgehead atoms. The molecule has 1 aliphatic rings. The van der Waals surface area contributed by atoms with E-state index in [-0.39, 0.29) is 0 Å². The molecular formula is C15H27N3. The Bertz CT molecular complexity index is 350. The Morgan fingerprint density at radius 2 is 2.06 bits per heavy atom. The molecule has 0 aromatic carbocycles. The number of nitrogens with zero attached hydrogens (tertiary/aromatic N) is 2. The minimum atomic E-state index is 0.442. The minimum absolute atomic E-state index is 0.442. The Balaban J connectivity index is 2.12. The summed E-state index contributed by atoms with van der Waals surface area (Å²) in [7, 11) is 0. The summed E-state index contributed by atoms with van der Waals surface area (Å²) in [5, 5.41) is 3.66. The van der Waals surface area contributed by atoms with Crippen LogP contribution in [0.1, 0.15) is 58.3 Å². The maximum Gasteiger partial charge on any atom is 0.126 e. The Morgan fingerprint density at radius 3 is 2.67 bits per heavy atom. The van der Waals surface area contributed by atoms with Gasteiger partial charge >= 0.3 is 0 Å². The lowest BCUT2D eigenvalue weighted by Crippen LogP contribution is -2.32. The average Bonchev–Trinajstić information content (AvgIpc) is 2.85. The van der Waals surface area contributed by atoms with Crippen molar-refractivity contribution in [3.8, 4) is 0 Å². The maximum absolute atomic E-state index is 4.60. The molecule has 102 valence electrons. The fourth-order valence-corrected chi connectivity index (χ4v) is 3.17. The smallest absolute Gasteiger partial charge is 0.126 e. The van der Waals surface area contributed by atoms with Crippen LogP contribution in [0.15, 0.2) is 12.4 Å². The molecule has 1 N–H and O–H groups in total. The largest absolute Gasteiger partial charge is 0.334 e. The monoisotopic (exact) mass is 249 g/mol. The first-order chi connectivity index (χ1) is 8.76. The highest BCUT2D eigenvalue weighted by molar-refractivity contribution is 5.02. The molecule has 1 aromatic rings. The fraction of sp³-hybridized carbons (Fsp3) is 0.800. The molecule has 18 heavy (non-hydrogen) atoms. The molecule has 1 unspecified atom stereocenters. The van der Waals surface area contributed by atoms with Gasteiger partial charge in [0.25, 0.3) is 0 Å². The highest BCUT2D eigenvalue weighted by Crippen LogP contribution is 2.36. The first-order valence-corrected chi connectivity index (χ1v) is 7.50. The van der Waals surface area contributed by atoms with Gasteiger partial charge in [0.2, 0.25) is 0 Å². The van der Waals surface area contributed by atoms with Crippen LogP contribution in [0, 0.1) is 11.8 Å². The van der Waals surface area contributed by atoms with E-state index in [4.69, 9.17) is 0 Å². The van der Waals surface area contributed by atoms with Crippen LogP contribution in [0.4, 0.5) is 0 Å². The zero-order valence-corrected chi connectivity index (χ0v) is 12.0. The third kappa shape index (κ3) is 2.94. The van der Waals surface area contributed by atoms with Crippen LogP contribution >= 0.6 is 0 Å². The Kier molecular flexibility index (Phi) is 4.81. The van der Waals surface area contributed by atoms with Gasteiger partial charge < -0.3 is 9.88 Å². The third-order valence-electron chi connectivity index (χ3n) is 4.32. The standard InChI is InChI=1S/C15H27N3/c1-4-16-14(13-8-6-12(3)7-9-13)15-17-10-11-18(15)5-2/h10-14,16H,4-9H2,1-3H3. The number of imidazole rings is 1. The van der Waals surface area contributed by atoms with E-state index >= 15 is 0 Å². The molecule has 1 heterocycles. The van der Waals surface area contributed by atoms with E-state index in [0.717, 1.165) is 24.9 Å². The molecule has 0 radical (unpaired) electrons. The van der Waals surface area contributed by atoms with Gasteiger partial charge in [-0.25, -0.2) is 4.98 Å². The van der Waals surface area contributed by atoms with Crippen LogP contribution in [-0.4, -0.2) is 16.1 Å².